The molecule has 1 heterocycles. The summed E-state index contributed by atoms with van der Waals surface area (Å²) >= 11 is 0. The molecule has 0 fully saturated rings. The average molecular weight is 304 g/mol. The predicted octanol–water partition coefficient (Wildman–Crippen LogP) is 1.81. The molecule has 0 bridgehead atoms. The molecule has 6 nitrogen and oxygen atoms in total. The zero-order valence-electron chi connectivity index (χ0n) is 12.9. The molecule has 22 heavy (non-hydrogen) atoms. The molecule has 0 radical (unpaired) electrons. The summed E-state index contributed by atoms with van der Waals surface area (Å²) in [4.78, 5) is 24.1. The number of benzene rings is 1. The second-order valence-electron chi connectivity index (χ2n) is 5.11. The molecule has 0 spiro atoms. The van der Waals surface area contributed by atoms with Crippen molar-refractivity contribution in [1.82, 2.24) is 10.6 Å². The first-order chi connectivity index (χ1) is 10.5. The molecule has 1 aromatic rings. The van der Waals surface area contributed by atoms with Gasteiger partial charge in [-0.25, -0.2) is 9.59 Å². The van der Waals surface area contributed by atoms with Crippen LogP contribution in [0.15, 0.2) is 35.5 Å². The van der Waals surface area contributed by atoms with Gasteiger partial charge in [-0.3, -0.25) is 0 Å². The third kappa shape index (κ3) is 3.65. The van der Waals surface area contributed by atoms with Crippen LogP contribution in [0.2, 0.25) is 0 Å². The van der Waals surface area contributed by atoms with Gasteiger partial charge in [0.1, 0.15) is 6.61 Å². The van der Waals surface area contributed by atoms with Gasteiger partial charge < -0.3 is 20.1 Å². The molecule has 1 aliphatic heterocycles. The largest absolute Gasteiger partial charge is 0.460 e. The molecule has 2 rings (SSSR count). The maximum absolute atomic E-state index is 12.3. The number of methoxy groups -OCH3 is 1. The fraction of sp³-hybridized carbons (Fsp3) is 0.375. The molecule has 0 aliphatic carbocycles. The number of hydrogen-bond donors (Lipinski definition) is 2. The number of carbonyl (C=O) groups excluding carboxylic acids is 2. The first kappa shape index (κ1) is 16.0. The van der Waals surface area contributed by atoms with E-state index < -0.39 is 12.0 Å². The highest BCUT2D eigenvalue weighted by molar-refractivity contribution is 5.95. The summed E-state index contributed by atoms with van der Waals surface area (Å²) in [6.45, 7) is 4.14. The van der Waals surface area contributed by atoms with Gasteiger partial charge in [-0.1, -0.05) is 29.8 Å². The number of allylic oxidation sites excluding steroid dienone is 1. The van der Waals surface area contributed by atoms with E-state index in [4.69, 9.17) is 9.47 Å². The number of esters is 1. The Bertz CT molecular complexity index is 610. The van der Waals surface area contributed by atoms with E-state index >= 15 is 0 Å². The summed E-state index contributed by atoms with van der Waals surface area (Å²) in [5.41, 5.74) is 2.79. The van der Waals surface area contributed by atoms with Crippen molar-refractivity contribution in [3.63, 3.8) is 0 Å². The summed E-state index contributed by atoms with van der Waals surface area (Å²) in [5.74, 6) is -0.464. The third-order valence-electron chi connectivity index (χ3n) is 3.39. The van der Waals surface area contributed by atoms with Crippen LogP contribution in [0.3, 0.4) is 0 Å². The monoisotopic (exact) mass is 304 g/mol. The van der Waals surface area contributed by atoms with Crippen molar-refractivity contribution in [2.75, 3.05) is 20.3 Å². The van der Waals surface area contributed by atoms with Crippen molar-refractivity contribution in [2.45, 2.75) is 19.9 Å². The normalized spacial score (nSPS) is 17.8. The van der Waals surface area contributed by atoms with Crippen molar-refractivity contribution in [3.05, 3.63) is 46.7 Å². The minimum absolute atomic E-state index is 0.167. The van der Waals surface area contributed by atoms with Crippen molar-refractivity contribution >= 4 is 12.0 Å². The van der Waals surface area contributed by atoms with Gasteiger partial charge in [0.15, 0.2) is 0 Å². The van der Waals surface area contributed by atoms with Gasteiger partial charge in [-0.05, 0) is 19.4 Å². The number of urea groups is 1. The number of aryl methyl sites for hydroxylation is 1. The molecule has 0 saturated carbocycles. The van der Waals surface area contributed by atoms with Crippen molar-refractivity contribution in [1.29, 1.82) is 0 Å². The number of hydrogen-bond acceptors (Lipinski definition) is 4. The minimum Gasteiger partial charge on any atom is -0.460 e. The summed E-state index contributed by atoms with van der Waals surface area (Å²) in [6.07, 6.45) is 0. The zero-order chi connectivity index (χ0) is 16.1. The molecule has 1 aromatic carbocycles. The topological polar surface area (TPSA) is 76.7 Å². The molecule has 0 aromatic heterocycles. The number of ether oxygens (including phenoxy) is 2. The van der Waals surface area contributed by atoms with Gasteiger partial charge in [-0.2, -0.15) is 0 Å². The summed E-state index contributed by atoms with van der Waals surface area (Å²) in [7, 11) is 1.54. The van der Waals surface area contributed by atoms with Crippen LogP contribution in [0.1, 0.15) is 24.1 Å². The fourth-order valence-electron chi connectivity index (χ4n) is 2.36. The second-order valence-corrected chi connectivity index (χ2v) is 5.11. The number of amides is 2. The zero-order valence-corrected chi connectivity index (χ0v) is 12.9. The number of nitrogens with one attached hydrogen (secondary N) is 2. The highest BCUT2D eigenvalue weighted by Gasteiger charge is 2.32. The number of rotatable bonds is 5. The van der Waals surface area contributed by atoms with E-state index in [1.54, 1.807) is 6.92 Å². The highest BCUT2D eigenvalue weighted by atomic mass is 16.6. The van der Waals surface area contributed by atoms with E-state index in [0.717, 1.165) is 11.1 Å². The van der Waals surface area contributed by atoms with Crippen LogP contribution >= 0.6 is 0 Å². The molecule has 0 saturated heterocycles. The van der Waals surface area contributed by atoms with Crippen LogP contribution in [0, 0.1) is 6.92 Å². The lowest BCUT2D eigenvalue weighted by molar-refractivity contribution is -0.140. The van der Waals surface area contributed by atoms with Gasteiger partial charge >= 0.3 is 12.0 Å². The van der Waals surface area contributed by atoms with E-state index in [1.807, 2.05) is 31.2 Å². The van der Waals surface area contributed by atoms with Crippen LogP contribution in [-0.2, 0) is 14.3 Å². The van der Waals surface area contributed by atoms with E-state index in [2.05, 4.69) is 10.6 Å². The van der Waals surface area contributed by atoms with E-state index in [9.17, 15) is 9.59 Å². The lowest BCUT2D eigenvalue weighted by Crippen LogP contribution is -2.45. The molecule has 118 valence electrons. The number of carbonyl (C=O) groups is 2. The highest BCUT2D eigenvalue weighted by Crippen LogP contribution is 2.27. The Kier molecular flexibility index (Phi) is 5.16. The fourth-order valence-corrected chi connectivity index (χ4v) is 2.36. The maximum Gasteiger partial charge on any atom is 0.338 e. The first-order valence-electron chi connectivity index (χ1n) is 7.04. The first-order valence-corrected chi connectivity index (χ1v) is 7.04. The molecule has 2 N–H and O–H groups in total. The van der Waals surface area contributed by atoms with Crippen LogP contribution in [0.4, 0.5) is 4.79 Å². The molecular weight excluding hydrogens is 284 g/mol. The smallest absolute Gasteiger partial charge is 0.338 e. The molecule has 1 aliphatic rings. The van der Waals surface area contributed by atoms with E-state index in [0.29, 0.717) is 17.9 Å². The van der Waals surface area contributed by atoms with Gasteiger partial charge in [0.2, 0.25) is 0 Å². The second kappa shape index (κ2) is 7.09. The van der Waals surface area contributed by atoms with Crippen LogP contribution in [-0.4, -0.2) is 32.3 Å². The average Bonchev–Trinajstić information content (AvgIpc) is 2.46. The Labute approximate surface area is 129 Å². The lowest BCUT2D eigenvalue weighted by Gasteiger charge is -2.28. The van der Waals surface area contributed by atoms with E-state index in [-0.39, 0.29) is 12.6 Å². The van der Waals surface area contributed by atoms with E-state index in [1.165, 1.54) is 7.11 Å². The minimum atomic E-state index is -0.524. The van der Waals surface area contributed by atoms with Crippen LogP contribution in [0.5, 0.6) is 0 Å². The van der Waals surface area contributed by atoms with Crippen molar-refractivity contribution in [2.24, 2.45) is 0 Å². The standard InChI is InChI=1S/C16H20N2O4/c1-10-5-4-6-12(9-10)14-13(11(2)17-16(20)18-14)15(19)22-8-7-21-3/h4-6,9,14H,7-8H2,1-3H3,(H2,17,18,20)/t14-/m0/s1. The van der Waals surface area contributed by atoms with Crippen LogP contribution < -0.4 is 10.6 Å². The van der Waals surface area contributed by atoms with Crippen LogP contribution in [0.25, 0.3) is 0 Å². The van der Waals surface area contributed by atoms with Crippen molar-refractivity contribution in [3.8, 4) is 0 Å². The summed E-state index contributed by atoms with van der Waals surface area (Å²) in [5, 5.41) is 5.38. The molecule has 6 heteroatoms. The Hall–Kier alpha value is -2.34. The quantitative estimate of drug-likeness (QED) is 0.642. The Morgan fingerprint density at radius 3 is 2.73 bits per heavy atom. The Morgan fingerprint density at radius 2 is 2.05 bits per heavy atom. The Balaban J connectivity index is 2.30. The SMILES string of the molecule is COCCOC(=O)C1=C(C)NC(=O)N[C@H]1c1cccc(C)c1. The van der Waals surface area contributed by atoms with Gasteiger partial charge in [0.05, 0.1) is 18.2 Å². The lowest BCUT2D eigenvalue weighted by atomic mass is 9.94. The Morgan fingerprint density at radius 1 is 1.27 bits per heavy atom. The van der Waals surface area contributed by atoms with Gasteiger partial charge in [0, 0.05) is 12.8 Å². The molecule has 0 unspecified atom stereocenters. The summed E-state index contributed by atoms with van der Waals surface area (Å²) in [6, 6.07) is 6.80. The molecule has 1 atom stereocenters. The maximum atomic E-state index is 12.3. The summed E-state index contributed by atoms with van der Waals surface area (Å²) < 4.78 is 10.1. The third-order valence-corrected chi connectivity index (χ3v) is 3.39. The predicted molar refractivity (Wildman–Crippen MR) is 81.1 cm³/mol. The van der Waals surface area contributed by atoms with Crippen molar-refractivity contribution < 1.29 is 19.1 Å². The van der Waals surface area contributed by atoms with Gasteiger partial charge in [0.25, 0.3) is 0 Å². The van der Waals surface area contributed by atoms with Gasteiger partial charge in [-0.15, -0.1) is 0 Å². The molecule has 2 amide bonds. The molecular formula is C16H20N2O4.